The molecule has 0 saturated carbocycles. The van der Waals surface area contributed by atoms with Gasteiger partial charge in [-0.15, -0.1) is 0 Å². The summed E-state index contributed by atoms with van der Waals surface area (Å²) in [6, 6.07) is 7.84. The van der Waals surface area contributed by atoms with E-state index in [1.807, 2.05) is 6.92 Å². The van der Waals surface area contributed by atoms with Gasteiger partial charge in [0, 0.05) is 25.9 Å². The van der Waals surface area contributed by atoms with E-state index in [-0.39, 0.29) is 36.5 Å². The highest BCUT2D eigenvalue weighted by Gasteiger charge is 2.51. The minimum Gasteiger partial charge on any atom is -0.394 e. The lowest BCUT2D eigenvalue weighted by atomic mass is 9.75. The molecule has 2 aliphatic rings. The van der Waals surface area contributed by atoms with Crippen molar-refractivity contribution >= 4 is 17.5 Å². The molecule has 1 aliphatic carbocycles. The summed E-state index contributed by atoms with van der Waals surface area (Å²) in [5, 5.41) is 15.7. The third-order valence-corrected chi connectivity index (χ3v) is 5.76. The van der Waals surface area contributed by atoms with Crippen molar-refractivity contribution in [2.75, 3.05) is 19.7 Å². The number of benzene rings is 1. The second kappa shape index (κ2) is 9.24. The Morgan fingerprint density at radius 1 is 1.18 bits per heavy atom. The largest absolute Gasteiger partial charge is 0.394 e. The number of aliphatic hydroxyl groups excluding tert-OH is 1. The SMILES string of the molecule is CCCNC(=O)N1[C@H](CNC(C)=O)[C@@H](c2ccc(C3=CCCC3)cc2)[C@@H]1CO. The monoisotopic (exact) mass is 385 g/mol. The van der Waals surface area contributed by atoms with Gasteiger partial charge in [-0.1, -0.05) is 37.3 Å². The average Bonchev–Trinajstić information content (AvgIpc) is 3.21. The molecule has 3 atom stereocenters. The highest BCUT2D eigenvalue weighted by molar-refractivity contribution is 5.77. The first-order valence-electron chi connectivity index (χ1n) is 10.3. The molecular weight excluding hydrogens is 354 g/mol. The molecule has 3 rings (SSSR count). The van der Waals surface area contributed by atoms with E-state index in [1.54, 1.807) is 4.90 Å². The van der Waals surface area contributed by atoms with Crippen LogP contribution in [0.4, 0.5) is 4.79 Å². The van der Waals surface area contributed by atoms with E-state index in [9.17, 15) is 14.7 Å². The Kier molecular flexibility index (Phi) is 6.73. The topological polar surface area (TPSA) is 81.7 Å². The number of likely N-dealkylation sites (tertiary alicyclic amines) is 1. The van der Waals surface area contributed by atoms with Crippen LogP contribution < -0.4 is 10.6 Å². The molecule has 1 saturated heterocycles. The van der Waals surface area contributed by atoms with Gasteiger partial charge in [0.05, 0.1) is 18.7 Å². The number of carbonyl (C=O) groups is 2. The van der Waals surface area contributed by atoms with Crippen molar-refractivity contribution in [2.24, 2.45) is 0 Å². The Morgan fingerprint density at radius 3 is 2.50 bits per heavy atom. The van der Waals surface area contributed by atoms with Gasteiger partial charge in [0.2, 0.25) is 5.91 Å². The van der Waals surface area contributed by atoms with Crippen LogP contribution in [-0.2, 0) is 4.79 Å². The Hall–Kier alpha value is -2.34. The predicted molar refractivity (Wildman–Crippen MR) is 110 cm³/mol. The molecule has 0 unspecified atom stereocenters. The summed E-state index contributed by atoms with van der Waals surface area (Å²) in [6.45, 7) is 4.34. The molecule has 0 bridgehead atoms. The van der Waals surface area contributed by atoms with Gasteiger partial charge in [-0.2, -0.15) is 0 Å². The van der Waals surface area contributed by atoms with E-state index in [0.717, 1.165) is 24.8 Å². The summed E-state index contributed by atoms with van der Waals surface area (Å²) < 4.78 is 0. The molecular formula is C22H31N3O3. The van der Waals surface area contributed by atoms with E-state index < -0.39 is 0 Å². The average molecular weight is 386 g/mol. The predicted octanol–water partition coefficient (Wildman–Crippen LogP) is 2.64. The lowest BCUT2D eigenvalue weighted by Crippen LogP contribution is -2.70. The number of hydrogen-bond donors (Lipinski definition) is 3. The first-order chi connectivity index (χ1) is 13.6. The Balaban J connectivity index is 1.79. The van der Waals surface area contributed by atoms with E-state index in [0.29, 0.717) is 13.1 Å². The zero-order chi connectivity index (χ0) is 20.1. The van der Waals surface area contributed by atoms with Gasteiger partial charge < -0.3 is 20.6 Å². The van der Waals surface area contributed by atoms with Crippen LogP contribution in [0.15, 0.2) is 30.3 Å². The number of nitrogens with zero attached hydrogens (tertiary/aromatic N) is 1. The van der Waals surface area contributed by atoms with Gasteiger partial charge in [-0.25, -0.2) is 4.79 Å². The lowest BCUT2D eigenvalue weighted by molar-refractivity contribution is -0.119. The van der Waals surface area contributed by atoms with Gasteiger partial charge in [-0.05, 0) is 42.4 Å². The fourth-order valence-corrected chi connectivity index (χ4v) is 4.34. The van der Waals surface area contributed by atoms with Crippen molar-refractivity contribution in [3.63, 3.8) is 0 Å². The Labute approximate surface area is 167 Å². The van der Waals surface area contributed by atoms with E-state index in [1.165, 1.54) is 24.5 Å². The third-order valence-electron chi connectivity index (χ3n) is 5.76. The van der Waals surface area contributed by atoms with Gasteiger partial charge in [0.25, 0.3) is 0 Å². The van der Waals surface area contributed by atoms with Crippen molar-refractivity contribution < 1.29 is 14.7 Å². The van der Waals surface area contributed by atoms with Crippen LogP contribution in [0.5, 0.6) is 0 Å². The molecule has 3 N–H and O–H groups in total. The molecule has 1 heterocycles. The van der Waals surface area contributed by atoms with Crippen LogP contribution in [0.3, 0.4) is 0 Å². The van der Waals surface area contributed by atoms with E-state index >= 15 is 0 Å². The van der Waals surface area contributed by atoms with Crippen LogP contribution in [-0.4, -0.2) is 53.7 Å². The molecule has 0 radical (unpaired) electrons. The summed E-state index contributed by atoms with van der Waals surface area (Å²) in [5.41, 5.74) is 3.74. The molecule has 0 spiro atoms. The molecule has 152 valence electrons. The second-order valence-corrected chi connectivity index (χ2v) is 7.66. The van der Waals surface area contributed by atoms with Crippen LogP contribution in [0.1, 0.15) is 56.6 Å². The standard InChI is InChI=1S/C22H31N3O3/c1-3-12-23-22(28)25-19(13-24-15(2)27)21(20(25)14-26)18-10-8-17(9-11-18)16-6-4-5-7-16/h6,8-11,19-21,26H,3-5,7,12-14H2,1-2H3,(H,23,28)(H,24,27)/t19-,20+,21-/m1/s1. The maximum Gasteiger partial charge on any atom is 0.318 e. The second-order valence-electron chi connectivity index (χ2n) is 7.66. The molecule has 6 heteroatoms. The fraction of sp³-hybridized carbons (Fsp3) is 0.545. The van der Waals surface area contributed by atoms with Gasteiger partial charge >= 0.3 is 6.03 Å². The summed E-state index contributed by atoms with van der Waals surface area (Å²) in [4.78, 5) is 25.7. The van der Waals surface area contributed by atoms with Gasteiger partial charge in [0.15, 0.2) is 0 Å². The maximum absolute atomic E-state index is 12.6. The zero-order valence-corrected chi connectivity index (χ0v) is 16.8. The van der Waals surface area contributed by atoms with Gasteiger partial charge in [0.1, 0.15) is 0 Å². The van der Waals surface area contributed by atoms with Crippen molar-refractivity contribution in [2.45, 2.75) is 57.5 Å². The van der Waals surface area contributed by atoms with Gasteiger partial charge in [-0.3, -0.25) is 4.79 Å². The third kappa shape index (κ3) is 4.22. The van der Waals surface area contributed by atoms with Crippen LogP contribution in [0.25, 0.3) is 5.57 Å². The minimum absolute atomic E-state index is 0.00386. The first-order valence-corrected chi connectivity index (χ1v) is 10.3. The molecule has 0 aromatic heterocycles. The van der Waals surface area contributed by atoms with Crippen molar-refractivity contribution in [3.8, 4) is 0 Å². The first kappa shape index (κ1) is 20.4. The number of nitrogens with one attached hydrogen (secondary N) is 2. The Morgan fingerprint density at radius 2 is 1.93 bits per heavy atom. The minimum atomic E-state index is -0.285. The van der Waals surface area contributed by atoms with E-state index in [2.05, 4.69) is 41.0 Å². The van der Waals surface area contributed by atoms with Crippen molar-refractivity contribution in [1.82, 2.24) is 15.5 Å². The number of amides is 3. The molecule has 28 heavy (non-hydrogen) atoms. The molecule has 1 aromatic carbocycles. The number of rotatable bonds is 7. The highest BCUT2D eigenvalue weighted by Crippen LogP contribution is 2.41. The molecule has 3 amide bonds. The molecule has 1 fully saturated rings. The number of carbonyl (C=O) groups excluding carboxylic acids is 2. The molecule has 1 aliphatic heterocycles. The molecule has 1 aromatic rings. The smallest absolute Gasteiger partial charge is 0.318 e. The highest BCUT2D eigenvalue weighted by atomic mass is 16.3. The summed E-state index contributed by atoms with van der Waals surface area (Å²) in [6.07, 6.45) is 6.63. The van der Waals surface area contributed by atoms with E-state index in [4.69, 9.17) is 0 Å². The maximum atomic E-state index is 12.6. The number of allylic oxidation sites excluding steroid dienone is 2. The zero-order valence-electron chi connectivity index (χ0n) is 16.8. The summed E-state index contributed by atoms with van der Waals surface area (Å²) in [5.74, 6) is -0.125. The molecule has 6 nitrogen and oxygen atoms in total. The quantitative estimate of drug-likeness (QED) is 0.675. The normalized spacial score (nSPS) is 23.8. The fourth-order valence-electron chi connectivity index (χ4n) is 4.34. The van der Waals surface area contributed by atoms with Crippen LogP contribution in [0, 0.1) is 0 Å². The summed E-state index contributed by atoms with van der Waals surface area (Å²) >= 11 is 0. The van der Waals surface area contributed by atoms with Crippen molar-refractivity contribution in [1.29, 1.82) is 0 Å². The summed E-state index contributed by atoms with van der Waals surface area (Å²) in [7, 11) is 0. The lowest BCUT2D eigenvalue weighted by Gasteiger charge is -2.54. The number of hydrogen-bond acceptors (Lipinski definition) is 3. The number of aliphatic hydroxyl groups is 1. The Bertz CT molecular complexity index is 729. The number of urea groups is 1. The van der Waals surface area contributed by atoms with Crippen LogP contribution >= 0.6 is 0 Å². The van der Waals surface area contributed by atoms with Crippen LogP contribution in [0.2, 0.25) is 0 Å². The van der Waals surface area contributed by atoms with Crippen molar-refractivity contribution in [3.05, 3.63) is 41.5 Å².